The van der Waals surface area contributed by atoms with Gasteiger partial charge in [0.2, 0.25) is 5.88 Å². The minimum atomic E-state index is -1.34. The molecule has 11 heteroatoms. The highest BCUT2D eigenvalue weighted by molar-refractivity contribution is 7.90. The molecule has 45 heavy (non-hydrogen) atoms. The van der Waals surface area contributed by atoms with Crippen LogP contribution in [-0.4, -0.2) is 66.3 Å². The monoisotopic (exact) mass is 630 g/mol. The zero-order chi connectivity index (χ0) is 32.4. The summed E-state index contributed by atoms with van der Waals surface area (Å²) in [5.74, 6) is 1.11. The number of nitriles is 1. The second-order valence-electron chi connectivity index (χ2n) is 13.3. The molecule has 0 spiro atoms. The summed E-state index contributed by atoms with van der Waals surface area (Å²) in [5.41, 5.74) is 3.32. The second kappa shape index (κ2) is 13.0. The molecule has 1 aliphatic heterocycles. The van der Waals surface area contributed by atoms with Crippen molar-refractivity contribution in [2.45, 2.75) is 69.9 Å². The first kappa shape index (κ1) is 32.7. The molecular weight excluding hydrogens is 588 g/mol. The fraction of sp³-hybridized carbons (Fsp3) is 0.441. The number of benzene rings is 1. The van der Waals surface area contributed by atoms with Crippen LogP contribution >= 0.6 is 0 Å². The van der Waals surface area contributed by atoms with E-state index in [-0.39, 0.29) is 12.3 Å². The number of ether oxygens (including phenoxy) is 2. The predicted octanol–water partition coefficient (Wildman–Crippen LogP) is 4.97. The Morgan fingerprint density at radius 1 is 1.09 bits per heavy atom. The quantitative estimate of drug-likeness (QED) is 0.233. The molecule has 0 aliphatic carbocycles. The zero-order valence-electron chi connectivity index (χ0n) is 26.8. The molecule has 0 amide bonds. The van der Waals surface area contributed by atoms with Crippen molar-refractivity contribution in [3.8, 4) is 28.8 Å². The Bertz CT molecular complexity index is 1660. The summed E-state index contributed by atoms with van der Waals surface area (Å²) in [6.45, 7) is 11.7. The van der Waals surface area contributed by atoms with Gasteiger partial charge in [0.1, 0.15) is 23.2 Å². The normalized spacial score (nSPS) is 16.3. The van der Waals surface area contributed by atoms with E-state index in [1.165, 1.54) is 0 Å². The maximum absolute atomic E-state index is 13.8. The van der Waals surface area contributed by atoms with Gasteiger partial charge in [-0.05, 0) is 70.2 Å². The van der Waals surface area contributed by atoms with Crippen molar-refractivity contribution in [3.63, 3.8) is 0 Å². The van der Waals surface area contributed by atoms with E-state index in [0.717, 1.165) is 60.2 Å². The number of pyridine rings is 2. The topological polar surface area (TPSA) is 131 Å². The standard InChI is InChI=1S/C34H42N6O4S/c1-32(2,3)45(42)38-34(13-15-39(16-14-34)21-24-11-12-31(43-6)36-20-24)29-10-8-7-9-27(29)28-18-26(44-23-33(4,5)41)22-40-30(28)17-25(19-35)37-40/h7-12,17-18,20,22,38,41H,13-16,21,23H2,1-6H3. The van der Waals surface area contributed by atoms with Crippen LogP contribution < -0.4 is 14.2 Å². The van der Waals surface area contributed by atoms with E-state index in [9.17, 15) is 14.9 Å². The maximum Gasteiger partial charge on any atom is 0.212 e. The van der Waals surface area contributed by atoms with Gasteiger partial charge in [-0.2, -0.15) is 10.4 Å². The number of nitrogens with one attached hydrogen (secondary N) is 1. The van der Waals surface area contributed by atoms with Crippen molar-refractivity contribution in [1.82, 2.24) is 24.2 Å². The molecule has 1 unspecified atom stereocenters. The molecule has 2 N–H and O–H groups in total. The number of piperidine rings is 1. The summed E-state index contributed by atoms with van der Waals surface area (Å²) < 4.78 is 29.8. The molecular formula is C34H42N6O4S. The highest BCUT2D eigenvalue weighted by Crippen LogP contribution is 2.42. The van der Waals surface area contributed by atoms with Gasteiger partial charge >= 0.3 is 0 Å². The summed E-state index contributed by atoms with van der Waals surface area (Å²) in [5, 5.41) is 24.4. The number of hydrogen-bond acceptors (Lipinski definition) is 9. The van der Waals surface area contributed by atoms with Gasteiger partial charge in [0, 0.05) is 54.9 Å². The molecule has 1 saturated heterocycles. The lowest BCUT2D eigenvalue weighted by Crippen LogP contribution is -2.56. The van der Waals surface area contributed by atoms with Crippen molar-refractivity contribution in [2.75, 3.05) is 26.8 Å². The number of nitrogens with zero attached hydrogens (tertiary/aromatic N) is 5. The molecule has 1 aromatic carbocycles. The van der Waals surface area contributed by atoms with E-state index in [0.29, 0.717) is 11.6 Å². The molecule has 238 valence electrons. The fourth-order valence-corrected chi connectivity index (χ4v) is 6.52. The lowest BCUT2D eigenvalue weighted by molar-refractivity contribution is 0.0283. The van der Waals surface area contributed by atoms with Crippen LogP contribution in [0.25, 0.3) is 16.6 Å². The van der Waals surface area contributed by atoms with E-state index >= 15 is 0 Å². The smallest absolute Gasteiger partial charge is 0.212 e. The van der Waals surface area contributed by atoms with Crippen molar-refractivity contribution in [3.05, 3.63) is 77.7 Å². The lowest BCUT2D eigenvalue weighted by Gasteiger charge is -2.44. The van der Waals surface area contributed by atoms with Crippen LogP contribution in [0, 0.1) is 11.3 Å². The summed E-state index contributed by atoms with van der Waals surface area (Å²) >= 11 is -1.34. The minimum absolute atomic E-state index is 0.0849. The molecule has 1 aliphatic rings. The van der Waals surface area contributed by atoms with Crippen molar-refractivity contribution < 1.29 is 19.1 Å². The van der Waals surface area contributed by atoms with E-state index in [4.69, 9.17) is 9.47 Å². The highest BCUT2D eigenvalue weighted by Gasteiger charge is 2.44. The Morgan fingerprint density at radius 2 is 1.82 bits per heavy atom. The number of rotatable bonds is 10. The molecule has 0 radical (unpaired) electrons. The van der Waals surface area contributed by atoms with Crippen LogP contribution in [0.5, 0.6) is 11.6 Å². The van der Waals surface area contributed by atoms with Crippen molar-refractivity contribution >= 4 is 16.9 Å². The Morgan fingerprint density at radius 3 is 2.44 bits per heavy atom. The average molecular weight is 631 g/mol. The van der Waals surface area contributed by atoms with Crippen LogP contribution in [0.3, 0.4) is 0 Å². The largest absolute Gasteiger partial charge is 0.598 e. The number of aliphatic hydroxyl groups is 1. The molecule has 1 atom stereocenters. The van der Waals surface area contributed by atoms with E-state index < -0.39 is 27.2 Å². The van der Waals surface area contributed by atoms with Gasteiger partial charge in [-0.1, -0.05) is 30.3 Å². The Hall–Kier alpha value is -3.66. The first-order chi connectivity index (χ1) is 21.3. The van der Waals surface area contributed by atoms with Crippen LogP contribution in [0.1, 0.15) is 64.3 Å². The van der Waals surface area contributed by atoms with Gasteiger partial charge in [0.05, 0.1) is 30.0 Å². The number of likely N-dealkylation sites (tertiary alicyclic amines) is 1. The minimum Gasteiger partial charge on any atom is -0.598 e. The first-order valence-corrected chi connectivity index (χ1v) is 16.2. The molecule has 0 saturated carbocycles. The Kier molecular flexibility index (Phi) is 9.44. The first-order valence-electron chi connectivity index (χ1n) is 15.1. The number of hydrogen-bond donors (Lipinski definition) is 2. The van der Waals surface area contributed by atoms with Crippen LogP contribution in [0.15, 0.2) is 60.9 Å². The average Bonchev–Trinajstić information content (AvgIpc) is 3.44. The molecule has 1 fully saturated rings. The van der Waals surface area contributed by atoms with Crippen LogP contribution in [0.2, 0.25) is 0 Å². The van der Waals surface area contributed by atoms with E-state index in [2.05, 4.69) is 37.9 Å². The number of methoxy groups -OCH3 is 1. The van der Waals surface area contributed by atoms with Gasteiger partial charge in [-0.3, -0.25) is 4.90 Å². The molecule has 3 aromatic heterocycles. The molecule has 10 nitrogen and oxygen atoms in total. The van der Waals surface area contributed by atoms with Gasteiger partial charge in [0.25, 0.3) is 0 Å². The van der Waals surface area contributed by atoms with Crippen LogP contribution in [-0.2, 0) is 23.4 Å². The fourth-order valence-electron chi connectivity index (χ4n) is 5.55. The summed E-state index contributed by atoms with van der Waals surface area (Å²) in [6.07, 6.45) is 5.03. The molecule has 5 rings (SSSR count). The molecule has 0 bridgehead atoms. The summed E-state index contributed by atoms with van der Waals surface area (Å²) in [4.78, 5) is 6.76. The second-order valence-corrected chi connectivity index (χ2v) is 15.2. The Balaban J connectivity index is 1.55. The predicted molar refractivity (Wildman–Crippen MR) is 175 cm³/mol. The third-order valence-corrected chi connectivity index (χ3v) is 9.64. The Labute approximate surface area is 268 Å². The molecule has 4 aromatic rings. The summed E-state index contributed by atoms with van der Waals surface area (Å²) in [7, 11) is 1.61. The van der Waals surface area contributed by atoms with E-state index in [1.807, 2.05) is 57.3 Å². The number of aromatic nitrogens is 3. The van der Waals surface area contributed by atoms with Gasteiger partial charge in [-0.15, -0.1) is 4.72 Å². The third-order valence-electron chi connectivity index (χ3n) is 7.95. The molecule has 4 heterocycles. The maximum atomic E-state index is 13.8. The van der Waals surface area contributed by atoms with Gasteiger partial charge in [0.15, 0.2) is 5.69 Å². The zero-order valence-corrected chi connectivity index (χ0v) is 27.6. The SMILES string of the molecule is COc1ccc(CN2CCC(N[S+]([O-])C(C)(C)C)(c3ccccc3-c3cc(OCC(C)(C)O)cn4nc(C#N)cc34)CC2)cn1. The van der Waals surface area contributed by atoms with E-state index in [1.54, 1.807) is 37.7 Å². The van der Waals surface area contributed by atoms with Gasteiger partial charge in [-0.25, -0.2) is 9.50 Å². The lowest BCUT2D eigenvalue weighted by atomic mass is 9.78. The van der Waals surface area contributed by atoms with Gasteiger partial charge < -0.3 is 19.1 Å². The number of fused-ring (bicyclic) bond motifs is 1. The van der Waals surface area contributed by atoms with Crippen LogP contribution in [0.4, 0.5) is 0 Å². The highest BCUT2D eigenvalue weighted by atomic mass is 32.2. The summed E-state index contributed by atoms with van der Waals surface area (Å²) in [6, 6.07) is 17.9. The van der Waals surface area contributed by atoms with Crippen molar-refractivity contribution in [2.24, 2.45) is 0 Å². The third kappa shape index (κ3) is 7.60. The van der Waals surface area contributed by atoms with Crippen molar-refractivity contribution in [1.29, 1.82) is 5.26 Å².